The molecule has 7 nitrogen and oxygen atoms in total. The molecular formula is C19H24N4O3. The number of hydrogen-bond donors (Lipinski definition) is 2. The Morgan fingerprint density at radius 2 is 2.15 bits per heavy atom. The minimum atomic E-state index is -0.506. The van der Waals surface area contributed by atoms with Gasteiger partial charge in [-0.25, -0.2) is 4.98 Å². The van der Waals surface area contributed by atoms with Crippen LogP contribution < -0.4 is 15.4 Å². The Morgan fingerprint density at radius 1 is 1.38 bits per heavy atom. The molecule has 4 rings (SSSR count). The third-order valence-corrected chi connectivity index (χ3v) is 5.18. The maximum absolute atomic E-state index is 12.7. The highest BCUT2D eigenvalue weighted by Crippen LogP contribution is 2.38. The first-order valence-corrected chi connectivity index (χ1v) is 9.01. The van der Waals surface area contributed by atoms with Crippen LogP contribution in [0.25, 0.3) is 0 Å². The van der Waals surface area contributed by atoms with E-state index in [2.05, 4.69) is 20.2 Å². The SMILES string of the molecule is COc1ccc(CNC(=O)C2Cn3ccnc3C3(CCNCC3)O2)cc1. The number of methoxy groups -OCH3 is 1. The van der Waals surface area contributed by atoms with E-state index in [1.807, 2.05) is 30.5 Å². The van der Waals surface area contributed by atoms with Crippen LogP contribution in [0.5, 0.6) is 5.75 Å². The molecule has 2 aliphatic rings. The van der Waals surface area contributed by atoms with E-state index in [9.17, 15) is 4.79 Å². The summed E-state index contributed by atoms with van der Waals surface area (Å²) in [5, 5.41) is 6.35. The largest absolute Gasteiger partial charge is 0.497 e. The number of rotatable bonds is 4. The van der Waals surface area contributed by atoms with Gasteiger partial charge in [0.2, 0.25) is 0 Å². The number of ether oxygens (including phenoxy) is 2. The Balaban J connectivity index is 1.44. The lowest BCUT2D eigenvalue weighted by atomic mass is 9.89. The summed E-state index contributed by atoms with van der Waals surface area (Å²) in [6, 6.07) is 7.67. The van der Waals surface area contributed by atoms with Gasteiger partial charge in [0.1, 0.15) is 17.2 Å². The third-order valence-electron chi connectivity index (χ3n) is 5.18. The van der Waals surface area contributed by atoms with Crippen molar-refractivity contribution in [2.75, 3.05) is 20.2 Å². The van der Waals surface area contributed by atoms with Crippen molar-refractivity contribution in [1.29, 1.82) is 0 Å². The first-order valence-electron chi connectivity index (χ1n) is 9.01. The Morgan fingerprint density at radius 3 is 2.88 bits per heavy atom. The van der Waals surface area contributed by atoms with Crippen LogP contribution in [0.1, 0.15) is 24.2 Å². The van der Waals surface area contributed by atoms with Gasteiger partial charge in [0.05, 0.1) is 13.7 Å². The van der Waals surface area contributed by atoms with Crippen LogP contribution in [0.3, 0.4) is 0 Å². The predicted octanol–water partition coefficient (Wildman–Crippen LogP) is 1.19. The lowest BCUT2D eigenvalue weighted by Crippen LogP contribution is -2.53. The molecule has 0 radical (unpaired) electrons. The molecule has 1 aromatic carbocycles. The molecule has 2 aliphatic heterocycles. The van der Waals surface area contributed by atoms with E-state index in [1.165, 1.54) is 0 Å². The Labute approximate surface area is 152 Å². The number of hydrogen-bond acceptors (Lipinski definition) is 5. The van der Waals surface area contributed by atoms with Crippen molar-refractivity contribution in [3.8, 4) is 5.75 Å². The van der Waals surface area contributed by atoms with Crippen LogP contribution in [0.4, 0.5) is 0 Å². The first kappa shape index (κ1) is 17.1. The standard InChI is InChI=1S/C19H24N4O3/c1-25-15-4-2-14(3-5-15)12-22-17(24)16-13-23-11-10-21-18(23)19(26-16)6-8-20-9-7-19/h2-5,10-11,16,20H,6-9,12-13H2,1H3,(H,22,24). The topological polar surface area (TPSA) is 77.4 Å². The second-order valence-corrected chi connectivity index (χ2v) is 6.82. The van der Waals surface area contributed by atoms with Crippen molar-refractivity contribution in [1.82, 2.24) is 20.2 Å². The van der Waals surface area contributed by atoms with E-state index in [4.69, 9.17) is 9.47 Å². The molecule has 2 aromatic rings. The number of nitrogens with zero attached hydrogens (tertiary/aromatic N) is 2. The van der Waals surface area contributed by atoms with Crippen LogP contribution in [0, 0.1) is 0 Å². The third kappa shape index (κ3) is 3.20. The van der Waals surface area contributed by atoms with Crippen molar-refractivity contribution < 1.29 is 14.3 Å². The van der Waals surface area contributed by atoms with Gasteiger partial charge in [-0.2, -0.15) is 0 Å². The van der Waals surface area contributed by atoms with Gasteiger partial charge in [0.15, 0.2) is 6.10 Å². The van der Waals surface area contributed by atoms with E-state index < -0.39 is 11.7 Å². The van der Waals surface area contributed by atoms with Gasteiger partial charge in [-0.15, -0.1) is 0 Å². The summed E-state index contributed by atoms with van der Waals surface area (Å²) in [5.74, 6) is 1.66. The quantitative estimate of drug-likeness (QED) is 0.860. The van der Waals surface area contributed by atoms with Crippen LogP contribution in [0.15, 0.2) is 36.7 Å². The molecule has 1 saturated heterocycles. The number of carbonyl (C=O) groups excluding carboxylic acids is 1. The van der Waals surface area contributed by atoms with Gasteiger partial charge >= 0.3 is 0 Å². The predicted molar refractivity (Wildman–Crippen MR) is 95.7 cm³/mol. The molecule has 138 valence electrons. The molecule has 7 heteroatoms. The van der Waals surface area contributed by atoms with Gasteiger partial charge in [-0.1, -0.05) is 12.1 Å². The highest BCUT2D eigenvalue weighted by Gasteiger charge is 2.45. The number of amides is 1. The fourth-order valence-electron chi connectivity index (χ4n) is 3.75. The molecule has 1 fully saturated rings. The average Bonchev–Trinajstić information content (AvgIpc) is 3.17. The van der Waals surface area contributed by atoms with Crippen molar-refractivity contribution in [3.63, 3.8) is 0 Å². The molecule has 3 heterocycles. The maximum atomic E-state index is 12.7. The molecule has 1 unspecified atom stereocenters. The lowest BCUT2D eigenvalue weighted by Gasteiger charge is -2.43. The van der Waals surface area contributed by atoms with E-state index in [1.54, 1.807) is 13.3 Å². The monoisotopic (exact) mass is 356 g/mol. The Kier molecular flexibility index (Phi) is 4.65. The molecular weight excluding hydrogens is 332 g/mol. The van der Waals surface area contributed by atoms with Crippen molar-refractivity contribution in [2.24, 2.45) is 0 Å². The van der Waals surface area contributed by atoms with Crippen LogP contribution in [-0.4, -0.2) is 41.8 Å². The van der Waals surface area contributed by atoms with Crippen molar-refractivity contribution in [2.45, 2.75) is 37.6 Å². The van der Waals surface area contributed by atoms with Crippen molar-refractivity contribution in [3.05, 3.63) is 48.0 Å². The number of benzene rings is 1. The second-order valence-electron chi connectivity index (χ2n) is 6.82. The maximum Gasteiger partial charge on any atom is 0.251 e. The zero-order valence-corrected chi connectivity index (χ0v) is 14.9. The number of nitrogens with one attached hydrogen (secondary N) is 2. The number of aromatic nitrogens is 2. The fraction of sp³-hybridized carbons (Fsp3) is 0.474. The van der Waals surface area contributed by atoms with Gasteiger partial charge in [-0.3, -0.25) is 4.79 Å². The molecule has 2 N–H and O–H groups in total. The zero-order valence-electron chi connectivity index (χ0n) is 14.9. The molecule has 0 bridgehead atoms. The summed E-state index contributed by atoms with van der Waals surface area (Å²) in [6.45, 7) is 2.70. The van der Waals surface area contributed by atoms with E-state index in [0.29, 0.717) is 13.1 Å². The van der Waals surface area contributed by atoms with E-state index in [0.717, 1.165) is 43.1 Å². The van der Waals surface area contributed by atoms with Crippen LogP contribution >= 0.6 is 0 Å². The summed E-state index contributed by atoms with van der Waals surface area (Å²) in [4.78, 5) is 17.2. The molecule has 1 spiro atoms. The van der Waals surface area contributed by atoms with Crippen LogP contribution in [-0.2, 0) is 28.2 Å². The van der Waals surface area contributed by atoms with E-state index in [-0.39, 0.29) is 5.91 Å². The van der Waals surface area contributed by atoms with Gasteiger partial charge in [0, 0.05) is 18.9 Å². The molecule has 0 aliphatic carbocycles. The summed E-state index contributed by atoms with van der Waals surface area (Å²) < 4.78 is 13.6. The minimum Gasteiger partial charge on any atom is -0.497 e. The molecule has 1 atom stereocenters. The Bertz CT molecular complexity index is 765. The smallest absolute Gasteiger partial charge is 0.251 e. The molecule has 1 aromatic heterocycles. The Hall–Kier alpha value is -2.38. The molecule has 26 heavy (non-hydrogen) atoms. The van der Waals surface area contributed by atoms with E-state index >= 15 is 0 Å². The zero-order chi connectivity index (χ0) is 18.0. The number of imidazole rings is 1. The second kappa shape index (κ2) is 7.09. The van der Waals surface area contributed by atoms with Gasteiger partial charge < -0.3 is 24.7 Å². The summed E-state index contributed by atoms with van der Waals surface area (Å²) >= 11 is 0. The number of piperidine rings is 1. The highest BCUT2D eigenvalue weighted by molar-refractivity contribution is 5.81. The first-order chi connectivity index (χ1) is 12.7. The molecule has 1 amide bonds. The van der Waals surface area contributed by atoms with Crippen molar-refractivity contribution >= 4 is 5.91 Å². The normalized spacial score (nSPS) is 21.2. The number of fused-ring (bicyclic) bond motifs is 2. The highest BCUT2D eigenvalue weighted by atomic mass is 16.5. The molecule has 0 saturated carbocycles. The average molecular weight is 356 g/mol. The summed E-state index contributed by atoms with van der Waals surface area (Å²) in [5.41, 5.74) is 0.560. The summed E-state index contributed by atoms with van der Waals surface area (Å²) in [6.07, 6.45) is 4.87. The minimum absolute atomic E-state index is 0.0851. The number of carbonyl (C=O) groups is 1. The lowest BCUT2D eigenvalue weighted by molar-refractivity contribution is -0.168. The summed E-state index contributed by atoms with van der Waals surface area (Å²) in [7, 11) is 1.64. The van der Waals surface area contributed by atoms with Crippen LogP contribution in [0.2, 0.25) is 0 Å². The fourth-order valence-corrected chi connectivity index (χ4v) is 3.75. The van der Waals surface area contributed by atoms with Gasteiger partial charge in [-0.05, 0) is 43.6 Å². The van der Waals surface area contributed by atoms with Gasteiger partial charge in [0.25, 0.3) is 5.91 Å².